The van der Waals surface area contributed by atoms with Crippen molar-refractivity contribution in [2.24, 2.45) is 0 Å². The molecule has 0 aliphatic carbocycles. The molecule has 4 heteroatoms. The van der Waals surface area contributed by atoms with Crippen molar-refractivity contribution in [3.8, 4) is 16.9 Å². The molecule has 1 heterocycles. The summed E-state index contributed by atoms with van der Waals surface area (Å²) < 4.78 is 1.70. The summed E-state index contributed by atoms with van der Waals surface area (Å²) in [5.41, 5.74) is 8.77. The Morgan fingerprint density at radius 1 is 0.950 bits per heavy atom. The molecule has 4 nitrogen and oxygen atoms in total. The summed E-state index contributed by atoms with van der Waals surface area (Å²) in [5, 5.41) is 4.29. The smallest absolute Gasteiger partial charge is 0.157 e. The van der Waals surface area contributed by atoms with E-state index >= 15 is 0 Å². The first-order chi connectivity index (χ1) is 9.81. The number of nitrogen functional groups attached to an aromatic ring is 1. The molecule has 0 bridgehead atoms. The monoisotopic (exact) mass is 263 g/mol. The molecule has 98 valence electrons. The van der Waals surface area contributed by atoms with Crippen molar-refractivity contribution in [3.05, 3.63) is 66.2 Å². The Morgan fingerprint density at radius 2 is 1.55 bits per heavy atom. The van der Waals surface area contributed by atoms with Gasteiger partial charge >= 0.3 is 0 Å². The zero-order valence-corrected chi connectivity index (χ0v) is 10.7. The molecule has 0 unspecified atom stereocenters. The van der Waals surface area contributed by atoms with Crippen molar-refractivity contribution in [2.45, 2.75) is 0 Å². The number of nitrogens with two attached hydrogens (primary N) is 1. The van der Waals surface area contributed by atoms with Crippen molar-refractivity contribution in [2.75, 3.05) is 5.73 Å². The Hall–Kier alpha value is -2.88. The number of aldehydes is 1. The molecule has 0 fully saturated rings. The van der Waals surface area contributed by atoms with Gasteiger partial charge in [-0.3, -0.25) is 4.79 Å². The molecule has 0 saturated carbocycles. The maximum absolute atomic E-state index is 11.3. The maximum Gasteiger partial charge on any atom is 0.157 e. The Kier molecular flexibility index (Phi) is 3.05. The fraction of sp³-hybridized carbons (Fsp3) is 0. The molecule has 0 amide bonds. The molecular weight excluding hydrogens is 250 g/mol. The van der Waals surface area contributed by atoms with Gasteiger partial charge in [-0.1, -0.05) is 48.5 Å². The van der Waals surface area contributed by atoms with E-state index in [0.717, 1.165) is 17.5 Å². The largest absolute Gasteiger partial charge is 0.382 e. The quantitative estimate of drug-likeness (QED) is 0.739. The van der Waals surface area contributed by atoms with E-state index < -0.39 is 0 Å². The van der Waals surface area contributed by atoms with Crippen LogP contribution < -0.4 is 5.73 Å². The van der Waals surface area contributed by atoms with Gasteiger partial charge in [-0.25, -0.2) is 4.68 Å². The summed E-state index contributed by atoms with van der Waals surface area (Å²) in [5.74, 6) is 0.239. The summed E-state index contributed by atoms with van der Waals surface area (Å²) in [6.07, 6.45) is 0.754. The topological polar surface area (TPSA) is 60.9 Å². The minimum atomic E-state index is 0.239. The molecule has 3 aromatic rings. The van der Waals surface area contributed by atoms with E-state index in [1.165, 1.54) is 0 Å². The zero-order valence-electron chi connectivity index (χ0n) is 10.7. The summed E-state index contributed by atoms with van der Waals surface area (Å²) in [4.78, 5) is 11.3. The SMILES string of the molecule is Nc1nn(-c2ccccc2)c(-c2ccccc2)c1C=O. The number of carbonyl (C=O) groups is 1. The molecule has 3 rings (SSSR count). The minimum absolute atomic E-state index is 0.239. The molecule has 1 aromatic heterocycles. The number of nitrogens with zero attached hydrogens (tertiary/aromatic N) is 2. The van der Waals surface area contributed by atoms with E-state index in [0.29, 0.717) is 11.3 Å². The van der Waals surface area contributed by atoms with E-state index in [2.05, 4.69) is 5.10 Å². The van der Waals surface area contributed by atoms with E-state index in [9.17, 15) is 4.79 Å². The first kappa shape index (κ1) is 12.2. The van der Waals surface area contributed by atoms with Gasteiger partial charge in [0.25, 0.3) is 0 Å². The zero-order chi connectivity index (χ0) is 13.9. The number of hydrogen-bond acceptors (Lipinski definition) is 3. The lowest BCUT2D eigenvalue weighted by molar-refractivity contribution is 0.112. The van der Waals surface area contributed by atoms with E-state index in [-0.39, 0.29) is 5.82 Å². The number of carbonyl (C=O) groups excluding carboxylic acids is 1. The van der Waals surface area contributed by atoms with Gasteiger partial charge in [0, 0.05) is 5.56 Å². The van der Waals surface area contributed by atoms with Crippen molar-refractivity contribution >= 4 is 12.1 Å². The second-order valence-corrected chi connectivity index (χ2v) is 4.38. The third-order valence-corrected chi connectivity index (χ3v) is 3.12. The van der Waals surface area contributed by atoms with Gasteiger partial charge in [-0.05, 0) is 12.1 Å². The van der Waals surface area contributed by atoms with Crippen LogP contribution in [0.1, 0.15) is 10.4 Å². The highest BCUT2D eigenvalue weighted by molar-refractivity contribution is 5.92. The molecular formula is C16H13N3O. The number of hydrogen-bond donors (Lipinski definition) is 1. The summed E-state index contributed by atoms with van der Waals surface area (Å²) in [7, 11) is 0. The number of anilines is 1. The average molecular weight is 263 g/mol. The first-order valence-electron chi connectivity index (χ1n) is 6.26. The number of aromatic nitrogens is 2. The highest BCUT2D eigenvalue weighted by Gasteiger charge is 2.17. The molecule has 0 atom stereocenters. The van der Waals surface area contributed by atoms with Gasteiger partial charge in [0.05, 0.1) is 16.9 Å². The molecule has 0 saturated heterocycles. The molecule has 0 radical (unpaired) electrons. The van der Waals surface area contributed by atoms with Crippen LogP contribution in [0.3, 0.4) is 0 Å². The van der Waals surface area contributed by atoms with Crippen LogP contribution in [-0.4, -0.2) is 16.1 Å². The summed E-state index contributed by atoms with van der Waals surface area (Å²) >= 11 is 0. The fourth-order valence-electron chi connectivity index (χ4n) is 2.19. The van der Waals surface area contributed by atoms with Gasteiger partial charge in [-0.2, -0.15) is 0 Å². The summed E-state index contributed by atoms with van der Waals surface area (Å²) in [6, 6.07) is 19.2. The van der Waals surface area contributed by atoms with E-state index in [4.69, 9.17) is 5.73 Å². The normalized spacial score (nSPS) is 10.4. The third-order valence-electron chi connectivity index (χ3n) is 3.12. The first-order valence-corrected chi connectivity index (χ1v) is 6.26. The van der Waals surface area contributed by atoms with Crippen LogP contribution in [0.4, 0.5) is 5.82 Å². The molecule has 0 aliphatic heterocycles. The maximum atomic E-state index is 11.3. The standard InChI is InChI=1S/C16H13N3O/c17-16-14(11-20)15(12-7-3-1-4-8-12)19(18-16)13-9-5-2-6-10-13/h1-11H,(H2,17,18). The lowest BCUT2D eigenvalue weighted by Crippen LogP contribution is -1.99. The van der Waals surface area contributed by atoms with Gasteiger partial charge in [0.1, 0.15) is 0 Å². The van der Waals surface area contributed by atoms with Crippen molar-refractivity contribution in [3.63, 3.8) is 0 Å². The van der Waals surface area contributed by atoms with Crippen molar-refractivity contribution in [1.29, 1.82) is 0 Å². The fourth-order valence-corrected chi connectivity index (χ4v) is 2.19. The average Bonchev–Trinajstić information content (AvgIpc) is 2.85. The molecule has 0 spiro atoms. The predicted octanol–water partition coefficient (Wildman–Crippen LogP) is 2.93. The molecule has 2 N–H and O–H groups in total. The van der Waals surface area contributed by atoms with Crippen LogP contribution in [0.15, 0.2) is 60.7 Å². The Balaban J connectivity index is 2.29. The molecule has 2 aromatic carbocycles. The van der Waals surface area contributed by atoms with Crippen LogP contribution in [0.25, 0.3) is 16.9 Å². The second-order valence-electron chi connectivity index (χ2n) is 4.38. The Labute approximate surface area is 116 Å². The predicted molar refractivity (Wildman–Crippen MR) is 78.8 cm³/mol. The van der Waals surface area contributed by atoms with Crippen LogP contribution in [0, 0.1) is 0 Å². The van der Waals surface area contributed by atoms with Gasteiger partial charge in [0.15, 0.2) is 12.1 Å². The van der Waals surface area contributed by atoms with E-state index in [1.54, 1.807) is 4.68 Å². The molecule has 20 heavy (non-hydrogen) atoms. The van der Waals surface area contributed by atoms with E-state index in [1.807, 2.05) is 60.7 Å². The molecule has 0 aliphatic rings. The van der Waals surface area contributed by atoms with Crippen LogP contribution in [0.5, 0.6) is 0 Å². The van der Waals surface area contributed by atoms with Crippen molar-refractivity contribution < 1.29 is 4.79 Å². The van der Waals surface area contributed by atoms with Crippen molar-refractivity contribution in [1.82, 2.24) is 9.78 Å². The number of benzene rings is 2. The second kappa shape index (κ2) is 5.01. The van der Waals surface area contributed by atoms with Crippen LogP contribution in [-0.2, 0) is 0 Å². The van der Waals surface area contributed by atoms with Crippen LogP contribution in [0.2, 0.25) is 0 Å². The highest BCUT2D eigenvalue weighted by atomic mass is 16.1. The lowest BCUT2D eigenvalue weighted by atomic mass is 10.1. The van der Waals surface area contributed by atoms with Gasteiger partial charge in [-0.15, -0.1) is 5.10 Å². The Bertz CT molecular complexity index is 733. The third kappa shape index (κ3) is 1.97. The lowest BCUT2D eigenvalue weighted by Gasteiger charge is -2.07. The van der Waals surface area contributed by atoms with Crippen LogP contribution >= 0.6 is 0 Å². The number of para-hydroxylation sites is 1. The van der Waals surface area contributed by atoms with Gasteiger partial charge in [0.2, 0.25) is 0 Å². The highest BCUT2D eigenvalue weighted by Crippen LogP contribution is 2.29. The minimum Gasteiger partial charge on any atom is -0.382 e. The number of rotatable bonds is 3. The van der Waals surface area contributed by atoms with Gasteiger partial charge < -0.3 is 5.73 Å². The Morgan fingerprint density at radius 3 is 2.15 bits per heavy atom. The summed E-state index contributed by atoms with van der Waals surface area (Å²) in [6.45, 7) is 0.